The van der Waals surface area contributed by atoms with Gasteiger partial charge in [-0.3, -0.25) is 0 Å². The lowest BCUT2D eigenvalue weighted by atomic mass is 9.78. The van der Waals surface area contributed by atoms with Crippen molar-refractivity contribution in [2.75, 3.05) is 0 Å². The molecule has 0 radical (unpaired) electrons. The summed E-state index contributed by atoms with van der Waals surface area (Å²) < 4.78 is 0. The molecule has 0 bridgehead atoms. The second-order valence-corrected chi connectivity index (χ2v) is 4.39. The van der Waals surface area contributed by atoms with Crippen LogP contribution in [0, 0.1) is 17.8 Å². The first-order valence-corrected chi connectivity index (χ1v) is 4.96. The minimum Gasteiger partial charge on any atom is -0.0996 e. The Balaban J connectivity index is 2.13. The molecule has 0 N–H and O–H groups in total. The van der Waals surface area contributed by atoms with E-state index in [9.17, 15) is 0 Å². The van der Waals surface area contributed by atoms with Crippen molar-refractivity contribution in [3.63, 3.8) is 0 Å². The molecule has 2 fully saturated rings. The van der Waals surface area contributed by atoms with Crippen molar-refractivity contribution in [3.8, 4) is 0 Å². The number of rotatable bonds is 0. The maximum atomic E-state index is 4.19. The minimum atomic E-state index is 0.916. The van der Waals surface area contributed by atoms with Gasteiger partial charge in [-0.1, -0.05) is 31.9 Å². The third-order valence-electron chi connectivity index (χ3n) is 3.66. The quantitative estimate of drug-likeness (QED) is 0.464. The van der Waals surface area contributed by atoms with E-state index in [0.717, 1.165) is 17.8 Å². The molecule has 0 aliphatic heterocycles. The molecule has 2 aliphatic carbocycles. The van der Waals surface area contributed by atoms with E-state index in [-0.39, 0.29) is 0 Å². The second kappa shape index (κ2) is 2.66. The molecule has 0 heteroatoms. The van der Waals surface area contributed by atoms with Crippen LogP contribution in [0.5, 0.6) is 0 Å². The van der Waals surface area contributed by atoms with Gasteiger partial charge in [0.25, 0.3) is 0 Å². The lowest BCUT2D eigenvalue weighted by Gasteiger charge is -2.27. The lowest BCUT2D eigenvalue weighted by Crippen LogP contribution is -2.17. The zero-order valence-electron chi connectivity index (χ0n) is 7.47. The van der Waals surface area contributed by atoms with Gasteiger partial charge in [0.15, 0.2) is 0 Å². The standard InChI is InChI=1S/C11H18/c1-8-7-9(2)11-6-4-3-5-10(8)11/h9-11H,1,3-7H2,2H3. The van der Waals surface area contributed by atoms with Crippen LogP contribution in [0.15, 0.2) is 12.2 Å². The Kier molecular flexibility index (Phi) is 1.78. The zero-order chi connectivity index (χ0) is 7.84. The highest BCUT2D eigenvalue weighted by Gasteiger charge is 2.36. The van der Waals surface area contributed by atoms with E-state index >= 15 is 0 Å². The molecule has 2 aliphatic rings. The Labute approximate surface area is 69.7 Å². The van der Waals surface area contributed by atoms with Crippen molar-refractivity contribution >= 4 is 0 Å². The van der Waals surface area contributed by atoms with Crippen molar-refractivity contribution in [3.05, 3.63) is 12.2 Å². The lowest BCUT2D eigenvalue weighted by molar-refractivity contribution is 0.252. The van der Waals surface area contributed by atoms with Crippen LogP contribution in [0.25, 0.3) is 0 Å². The fourth-order valence-electron chi connectivity index (χ4n) is 3.06. The van der Waals surface area contributed by atoms with E-state index in [2.05, 4.69) is 13.5 Å². The van der Waals surface area contributed by atoms with Crippen molar-refractivity contribution < 1.29 is 0 Å². The van der Waals surface area contributed by atoms with Gasteiger partial charge in [0.05, 0.1) is 0 Å². The highest BCUT2D eigenvalue weighted by molar-refractivity contribution is 5.12. The normalized spacial score (nSPS) is 44.1. The maximum Gasteiger partial charge on any atom is -0.0175 e. The van der Waals surface area contributed by atoms with E-state index in [0.29, 0.717) is 0 Å². The second-order valence-electron chi connectivity index (χ2n) is 4.39. The molecule has 0 spiro atoms. The highest BCUT2D eigenvalue weighted by Crippen LogP contribution is 2.47. The summed E-state index contributed by atoms with van der Waals surface area (Å²) >= 11 is 0. The van der Waals surface area contributed by atoms with Gasteiger partial charge in [-0.2, -0.15) is 0 Å². The summed E-state index contributed by atoms with van der Waals surface area (Å²) in [5.74, 6) is 2.86. The largest absolute Gasteiger partial charge is 0.0996 e. The summed E-state index contributed by atoms with van der Waals surface area (Å²) in [6.07, 6.45) is 7.15. The Morgan fingerprint density at radius 3 is 2.73 bits per heavy atom. The van der Waals surface area contributed by atoms with Crippen molar-refractivity contribution in [2.24, 2.45) is 17.8 Å². The van der Waals surface area contributed by atoms with Gasteiger partial charge in [-0.05, 0) is 37.0 Å². The number of hydrogen-bond donors (Lipinski definition) is 0. The fourth-order valence-corrected chi connectivity index (χ4v) is 3.06. The average molecular weight is 150 g/mol. The summed E-state index contributed by atoms with van der Waals surface area (Å²) in [5.41, 5.74) is 1.56. The predicted molar refractivity (Wildman–Crippen MR) is 48.4 cm³/mol. The molecule has 62 valence electrons. The number of allylic oxidation sites excluding steroid dienone is 1. The first-order chi connectivity index (χ1) is 5.29. The van der Waals surface area contributed by atoms with Gasteiger partial charge in [-0.15, -0.1) is 0 Å². The third kappa shape index (κ3) is 1.13. The SMILES string of the molecule is C=C1CC(C)C2CCCCC12. The molecule has 0 heterocycles. The summed E-state index contributed by atoms with van der Waals surface area (Å²) in [5, 5.41) is 0. The third-order valence-corrected chi connectivity index (χ3v) is 3.66. The topological polar surface area (TPSA) is 0 Å². The maximum absolute atomic E-state index is 4.19. The van der Waals surface area contributed by atoms with Gasteiger partial charge in [0.1, 0.15) is 0 Å². The number of hydrogen-bond acceptors (Lipinski definition) is 0. The van der Waals surface area contributed by atoms with E-state index in [1.807, 2.05) is 0 Å². The van der Waals surface area contributed by atoms with E-state index < -0.39 is 0 Å². The van der Waals surface area contributed by atoms with Crippen molar-refractivity contribution in [1.82, 2.24) is 0 Å². The fraction of sp³-hybridized carbons (Fsp3) is 0.818. The van der Waals surface area contributed by atoms with Gasteiger partial charge < -0.3 is 0 Å². The molecule has 3 unspecified atom stereocenters. The Morgan fingerprint density at radius 2 is 2.00 bits per heavy atom. The summed E-state index contributed by atoms with van der Waals surface area (Å²) in [6.45, 7) is 6.59. The molecule has 0 aromatic rings. The number of fused-ring (bicyclic) bond motifs is 1. The monoisotopic (exact) mass is 150 g/mol. The molecule has 2 rings (SSSR count). The van der Waals surface area contributed by atoms with E-state index in [4.69, 9.17) is 0 Å². The van der Waals surface area contributed by atoms with Crippen LogP contribution in [-0.2, 0) is 0 Å². The summed E-state index contributed by atoms with van der Waals surface area (Å²) in [7, 11) is 0. The zero-order valence-corrected chi connectivity index (χ0v) is 7.47. The Hall–Kier alpha value is -0.260. The van der Waals surface area contributed by atoms with E-state index in [1.54, 1.807) is 5.57 Å². The van der Waals surface area contributed by atoms with Gasteiger partial charge in [0.2, 0.25) is 0 Å². The minimum absolute atomic E-state index is 0.916. The van der Waals surface area contributed by atoms with Crippen LogP contribution in [0.3, 0.4) is 0 Å². The van der Waals surface area contributed by atoms with Gasteiger partial charge >= 0.3 is 0 Å². The molecule has 2 saturated carbocycles. The summed E-state index contributed by atoms with van der Waals surface area (Å²) in [6, 6.07) is 0. The molecular weight excluding hydrogens is 132 g/mol. The first kappa shape index (κ1) is 7.39. The van der Waals surface area contributed by atoms with Gasteiger partial charge in [-0.25, -0.2) is 0 Å². The smallest absolute Gasteiger partial charge is 0.0175 e. The van der Waals surface area contributed by atoms with Crippen molar-refractivity contribution in [2.45, 2.75) is 39.0 Å². The van der Waals surface area contributed by atoms with E-state index in [1.165, 1.54) is 32.1 Å². The summed E-state index contributed by atoms with van der Waals surface area (Å²) in [4.78, 5) is 0. The molecule has 0 aromatic carbocycles. The molecule has 3 atom stereocenters. The molecular formula is C11H18. The molecule has 11 heavy (non-hydrogen) atoms. The van der Waals surface area contributed by atoms with Crippen LogP contribution in [-0.4, -0.2) is 0 Å². The molecule has 0 saturated heterocycles. The molecule has 0 amide bonds. The Morgan fingerprint density at radius 1 is 1.27 bits per heavy atom. The predicted octanol–water partition coefficient (Wildman–Crippen LogP) is 3.39. The average Bonchev–Trinajstić information content (AvgIpc) is 2.30. The molecule has 0 aromatic heterocycles. The van der Waals surface area contributed by atoms with Gasteiger partial charge in [0, 0.05) is 0 Å². The van der Waals surface area contributed by atoms with Crippen LogP contribution in [0.4, 0.5) is 0 Å². The van der Waals surface area contributed by atoms with Crippen LogP contribution >= 0.6 is 0 Å². The first-order valence-electron chi connectivity index (χ1n) is 4.96. The highest BCUT2D eigenvalue weighted by atomic mass is 14.4. The van der Waals surface area contributed by atoms with Crippen LogP contribution in [0.2, 0.25) is 0 Å². The molecule has 0 nitrogen and oxygen atoms in total. The van der Waals surface area contributed by atoms with Crippen LogP contribution < -0.4 is 0 Å². The Bertz CT molecular complexity index is 169. The van der Waals surface area contributed by atoms with Crippen LogP contribution in [0.1, 0.15) is 39.0 Å². The van der Waals surface area contributed by atoms with Crippen molar-refractivity contribution in [1.29, 1.82) is 0 Å².